The first-order chi connectivity index (χ1) is 2.00. The van der Waals surface area contributed by atoms with Gasteiger partial charge >= 0.3 is 0 Å². The molecule has 2 N–H and O–H groups in total. The second kappa shape index (κ2) is 1.73. The molecule has 0 heterocycles. The summed E-state index contributed by atoms with van der Waals surface area (Å²) in [6.07, 6.45) is 0. The van der Waals surface area contributed by atoms with Gasteiger partial charge in [-0.25, -0.2) is 0 Å². The molecule has 0 radical (unpaired) electrons. The van der Waals surface area contributed by atoms with Crippen LogP contribution >= 0.6 is 35.7 Å². The van der Waals surface area contributed by atoms with E-state index in [0.717, 1.165) is 0 Å². The van der Waals surface area contributed by atoms with Crippen LogP contribution in [-0.4, -0.2) is 0 Å². The smallest absolute Gasteiger partial charge is 0.268 e. The lowest BCUT2D eigenvalue weighted by Gasteiger charge is -1.81. The van der Waals surface area contributed by atoms with Crippen molar-refractivity contribution >= 4 is 35.7 Å². The molecule has 0 saturated heterocycles. The molecule has 32 valence electrons. The summed E-state index contributed by atoms with van der Waals surface area (Å²) in [6, 6.07) is 0. The Morgan fingerprint density at radius 2 is 1.60 bits per heavy atom. The number of halogens is 2. The van der Waals surface area contributed by atoms with E-state index in [0.29, 0.717) is 0 Å². The minimum atomic E-state index is -2.51. The van der Waals surface area contributed by atoms with Crippen LogP contribution in [0.1, 0.15) is 0 Å². The molecule has 5 heavy (non-hydrogen) atoms. The number of nitrogens with two attached hydrogens (primary N) is 1. The highest BCUT2D eigenvalue weighted by molar-refractivity contribution is 9.70. The predicted octanol–water partition coefficient (Wildman–Crippen LogP) is 1.84. The van der Waals surface area contributed by atoms with E-state index in [4.69, 9.17) is 5.50 Å². The fourth-order valence-electron chi connectivity index (χ4n) is 0. The van der Waals surface area contributed by atoms with Gasteiger partial charge in [-0.05, 0) is 0 Å². The zero-order chi connectivity index (χ0) is 4.50. The van der Waals surface area contributed by atoms with Crippen molar-refractivity contribution in [2.45, 2.75) is 0 Å². The highest BCUT2D eigenvalue weighted by atomic mass is 79.9. The average molecular weight is 223 g/mol. The topological polar surface area (TPSA) is 43.1 Å². The number of rotatable bonds is 0. The Balaban J connectivity index is 3.47. The molecular weight excluding hydrogens is 221 g/mol. The summed E-state index contributed by atoms with van der Waals surface area (Å²) in [7, 11) is 0. The predicted molar refractivity (Wildman–Crippen MR) is 29.6 cm³/mol. The fraction of sp³-hybridized carbons (Fsp3) is 0. The molecule has 0 aliphatic heterocycles. The van der Waals surface area contributed by atoms with Gasteiger partial charge in [-0.3, -0.25) is 10.1 Å². The second-order valence-electron chi connectivity index (χ2n) is 0.502. The molecule has 0 bridgehead atoms. The van der Waals surface area contributed by atoms with Gasteiger partial charge in [0.25, 0.3) is 4.70 Å². The van der Waals surface area contributed by atoms with E-state index in [1.54, 1.807) is 0 Å². The molecule has 0 aromatic heterocycles. The summed E-state index contributed by atoms with van der Waals surface area (Å²) >= 11 is 5.25. The number of hydrogen-bond acceptors (Lipinski definition) is 1. The summed E-state index contributed by atoms with van der Waals surface area (Å²) in [5.74, 6) is 0. The first-order valence-electron chi connectivity index (χ1n) is 0.779. The number of hydrogen-bond donors (Lipinski definition) is 1. The molecule has 0 spiro atoms. The molecule has 0 unspecified atom stereocenters. The fourth-order valence-corrected chi connectivity index (χ4v) is 0. The van der Waals surface area contributed by atoms with E-state index >= 15 is 0 Å². The standard InChI is InChI=1S/Br2H2NOP/c1-5(2,3)4/h(H2,3,4). The van der Waals surface area contributed by atoms with Crippen LogP contribution in [0, 0.1) is 0 Å². The maximum absolute atomic E-state index is 9.83. The minimum absolute atomic E-state index is 2.51. The molecule has 0 aromatic carbocycles. The summed E-state index contributed by atoms with van der Waals surface area (Å²) in [6.45, 7) is 0. The molecule has 0 saturated carbocycles. The van der Waals surface area contributed by atoms with Crippen molar-refractivity contribution in [1.82, 2.24) is 0 Å². The second-order valence-corrected chi connectivity index (χ2v) is 10.7. The van der Waals surface area contributed by atoms with Crippen molar-refractivity contribution in [3.8, 4) is 0 Å². The molecule has 2 nitrogen and oxygen atoms in total. The zero-order valence-corrected chi connectivity index (χ0v) is 6.26. The van der Waals surface area contributed by atoms with Crippen LogP contribution in [0.5, 0.6) is 0 Å². The molecule has 0 atom stereocenters. The van der Waals surface area contributed by atoms with Gasteiger partial charge in [0.1, 0.15) is 0 Å². The largest absolute Gasteiger partial charge is 0.282 e. The Hall–Kier alpha value is 1.15. The molecule has 0 rings (SSSR count). The molecule has 5 heteroatoms. The van der Waals surface area contributed by atoms with Crippen LogP contribution in [0.3, 0.4) is 0 Å². The van der Waals surface area contributed by atoms with Crippen LogP contribution in [0.2, 0.25) is 0 Å². The van der Waals surface area contributed by atoms with Gasteiger partial charge in [-0.15, -0.1) is 0 Å². The van der Waals surface area contributed by atoms with Gasteiger partial charge in [-0.2, -0.15) is 0 Å². The maximum Gasteiger partial charge on any atom is 0.268 e. The molecular formula is H2Br2NOP. The first-order valence-corrected chi connectivity index (χ1v) is 6.59. The highest BCUT2D eigenvalue weighted by Gasteiger charge is 1.97. The van der Waals surface area contributed by atoms with Crippen molar-refractivity contribution < 1.29 is 4.57 Å². The van der Waals surface area contributed by atoms with Crippen molar-refractivity contribution in [3.63, 3.8) is 0 Å². The van der Waals surface area contributed by atoms with Gasteiger partial charge in [-0.1, -0.05) is 0 Å². The van der Waals surface area contributed by atoms with Crippen LogP contribution < -0.4 is 5.50 Å². The molecule has 0 amide bonds. The third-order valence-electron chi connectivity index (χ3n) is 0. The third kappa shape index (κ3) is 38.6. The Bertz CT molecular complexity index is 55.8. The summed E-state index contributed by atoms with van der Waals surface area (Å²) in [5, 5.41) is 0. The SMILES string of the molecule is NP(=O)(Br)Br. The lowest BCUT2D eigenvalue weighted by Crippen LogP contribution is -1.70. The summed E-state index contributed by atoms with van der Waals surface area (Å²) in [4.78, 5) is 0. The normalized spacial score (nSPS) is 11.8. The van der Waals surface area contributed by atoms with Crippen LogP contribution in [0.25, 0.3) is 0 Å². The van der Waals surface area contributed by atoms with Crippen LogP contribution in [-0.2, 0) is 4.57 Å². The van der Waals surface area contributed by atoms with Crippen LogP contribution in [0.15, 0.2) is 0 Å². The average Bonchev–Trinajstić information content (AvgIpc) is 0.722. The monoisotopic (exact) mass is 221 g/mol. The van der Waals surface area contributed by atoms with E-state index in [2.05, 4.69) is 31.0 Å². The summed E-state index contributed by atoms with van der Waals surface area (Å²) in [5.41, 5.74) is 4.74. The maximum atomic E-state index is 9.83. The Morgan fingerprint density at radius 1 is 1.60 bits per heavy atom. The lowest BCUT2D eigenvalue weighted by atomic mass is 13.9. The minimum Gasteiger partial charge on any atom is -0.282 e. The van der Waals surface area contributed by atoms with Gasteiger partial charge in [0.2, 0.25) is 0 Å². The van der Waals surface area contributed by atoms with Gasteiger partial charge < -0.3 is 0 Å². The van der Waals surface area contributed by atoms with E-state index < -0.39 is 4.70 Å². The van der Waals surface area contributed by atoms with Crippen molar-refractivity contribution in [1.29, 1.82) is 0 Å². The van der Waals surface area contributed by atoms with Gasteiger partial charge in [0.05, 0.1) is 0 Å². The van der Waals surface area contributed by atoms with Crippen LogP contribution in [0.4, 0.5) is 0 Å². The third-order valence-corrected chi connectivity index (χ3v) is 0. The van der Waals surface area contributed by atoms with E-state index in [9.17, 15) is 4.57 Å². The Labute approximate surface area is 46.0 Å². The molecule has 0 aliphatic rings. The zero-order valence-electron chi connectivity index (χ0n) is 2.19. The molecule has 0 aliphatic carbocycles. The lowest BCUT2D eigenvalue weighted by molar-refractivity contribution is 0.596. The van der Waals surface area contributed by atoms with Crippen molar-refractivity contribution in [2.24, 2.45) is 5.50 Å². The van der Waals surface area contributed by atoms with E-state index in [1.807, 2.05) is 0 Å². The van der Waals surface area contributed by atoms with Crippen molar-refractivity contribution in [2.75, 3.05) is 0 Å². The quantitative estimate of drug-likeness (QED) is 0.636. The first kappa shape index (κ1) is 6.15. The van der Waals surface area contributed by atoms with Gasteiger partial charge in [0, 0.05) is 31.0 Å². The Morgan fingerprint density at radius 3 is 1.60 bits per heavy atom. The molecule has 0 fully saturated rings. The highest BCUT2D eigenvalue weighted by Crippen LogP contribution is 2.53. The van der Waals surface area contributed by atoms with E-state index in [1.165, 1.54) is 0 Å². The van der Waals surface area contributed by atoms with Gasteiger partial charge in [0.15, 0.2) is 0 Å². The Kier molecular flexibility index (Phi) is 2.13. The summed E-state index contributed by atoms with van der Waals surface area (Å²) < 4.78 is 7.31. The van der Waals surface area contributed by atoms with Crippen molar-refractivity contribution in [3.05, 3.63) is 0 Å². The molecule has 0 aromatic rings. The van der Waals surface area contributed by atoms with E-state index in [-0.39, 0.29) is 0 Å².